The fourth-order valence-electron chi connectivity index (χ4n) is 0.954. The largest absolute Gasteiger partial charge is 0.506 e. The molecule has 1 aromatic carbocycles. The SMILES string of the molecule is CCN(N=O)c1ccccc1O. The second kappa shape index (κ2) is 3.71. The van der Waals surface area contributed by atoms with Gasteiger partial charge < -0.3 is 5.11 Å². The molecule has 4 nitrogen and oxygen atoms in total. The van der Waals surface area contributed by atoms with Crippen molar-refractivity contribution in [3.05, 3.63) is 29.2 Å². The van der Waals surface area contributed by atoms with E-state index in [2.05, 4.69) is 5.29 Å². The summed E-state index contributed by atoms with van der Waals surface area (Å²) in [7, 11) is 0. The number of phenolic OH excluding ortho intramolecular Hbond substituents is 1. The third-order valence-corrected chi connectivity index (χ3v) is 1.56. The quantitative estimate of drug-likeness (QED) is 0.551. The van der Waals surface area contributed by atoms with Crippen molar-refractivity contribution in [1.29, 1.82) is 0 Å². The molecule has 12 heavy (non-hydrogen) atoms. The van der Waals surface area contributed by atoms with Crippen LogP contribution in [-0.2, 0) is 0 Å². The Morgan fingerprint density at radius 1 is 1.50 bits per heavy atom. The zero-order valence-electron chi connectivity index (χ0n) is 6.77. The molecule has 0 radical (unpaired) electrons. The number of anilines is 1. The summed E-state index contributed by atoms with van der Waals surface area (Å²) in [6.07, 6.45) is 0. The van der Waals surface area contributed by atoms with Crippen LogP contribution >= 0.6 is 0 Å². The Bertz CT molecular complexity index is 276. The summed E-state index contributed by atoms with van der Waals surface area (Å²) in [6.45, 7) is 2.23. The number of hydrogen-bond donors (Lipinski definition) is 1. The van der Waals surface area contributed by atoms with Crippen molar-refractivity contribution in [3.8, 4) is 5.75 Å². The molecule has 0 heterocycles. The summed E-state index contributed by atoms with van der Waals surface area (Å²) in [5.41, 5.74) is 0.440. The number of phenols is 1. The molecule has 0 saturated heterocycles. The van der Waals surface area contributed by atoms with Gasteiger partial charge in [-0.05, 0) is 19.1 Å². The van der Waals surface area contributed by atoms with Crippen LogP contribution in [0.4, 0.5) is 5.69 Å². The van der Waals surface area contributed by atoms with E-state index in [0.717, 1.165) is 0 Å². The first-order chi connectivity index (χ1) is 5.79. The van der Waals surface area contributed by atoms with E-state index in [4.69, 9.17) is 0 Å². The lowest BCUT2D eigenvalue weighted by atomic mass is 10.3. The predicted molar refractivity (Wildman–Crippen MR) is 46.9 cm³/mol. The van der Waals surface area contributed by atoms with E-state index in [9.17, 15) is 10.0 Å². The van der Waals surface area contributed by atoms with Crippen molar-refractivity contribution in [2.75, 3.05) is 11.6 Å². The summed E-state index contributed by atoms with van der Waals surface area (Å²) in [5, 5.41) is 13.3. The topological polar surface area (TPSA) is 52.9 Å². The van der Waals surface area contributed by atoms with Crippen molar-refractivity contribution in [2.24, 2.45) is 5.29 Å². The van der Waals surface area contributed by atoms with Crippen LogP contribution in [0.15, 0.2) is 29.6 Å². The van der Waals surface area contributed by atoms with Crippen LogP contribution in [0.25, 0.3) is 0 Å². The molecule has 0 aliphatic heterocycles. The highest BCUT2D eigenvalue weighted by atomic mass is 16.3. The normalized spacial score (nSPS) is 9.42. The maximum atomic E-state index is 10.3. The van der Waals surface area contributed by atoms with Gasteiger partial charge in [0.15, 0.2) is 0 Å². The minimum absolute atomic E-state index is 0.0685. The molecule has 0 bridgehead atoms. The van der Waals surface area contributed by atoms with Crippen LogP contribution in [0.2, 0.25) is 0 Å². The van der Waals surface area contributed by atoms with Crippen LogP contribution in [-0.4, -0.2) is 11.7 Å². The Hall–Kier alpha value is -1.58. The Morgan fingerprint density at radius 2 is 2.17 bits per heavy atom. The third-order valence-electron chi connectivity index (χ3n) is 1.56. The lowest BCUT2D eigenvalue weighted by Gasteiger charge is -2.13. The van der Waals surface area contributed by atoms with Crippen molar-refractivity contribution in [1.82, 2.24) is 0 Å². The average molecular weight is 166 g/mol. The molecule has 1 aromatic rings. The van der Waals surface area contributed by atoms with E-state index in [1.165, 1.54) is 11.1 Å². The van der Waals surface area contributed by atoms with E-state index >= 15 is 0 Å². The van der Waals surface area contributed by atoms with E-state index in [1.54, 1.807) is 25.1 Å². The van der Waals surface area contributed by atoms with Crippen LogP contribution < -0.4 is 5.01 Å². The molecule has 4 heteroatoms. The van der Waals surface area contributed by atoms with Gasteiger partial charge in [-0.25, -0.2) is 5.01 Å². The van der Waals surface area contributed by atoms with Gasteiger partial charge in [0.25, 0.3) is 0 Å². The molecule has 0 amide bonds. The maximum Gasteiger partial charge on any atom is 0.140 e. The molecule has 0 fully saturated rings. The second-order valence-electron chi connectivity index (χ2n) is 2.29. The Balaban J connectivity index is 3.00. The van der Waals surface area contributed by atoms with E-state index in [-0.39, 0.29) is 5.75 Å². The Kier molecular flexibility index (Phi) is 2.63. The smallest absolute Gasteiger partial charge is 0.140 e. The van der Waals surface area contributed by atoms with Crippen LogP contribution in [0.5, 0.6) is 5.75 Å². The number of nitrogens with zero attached hydrogens (tertiary/aromatic N) is 2. The van der Waals surface area contributed by atoms with E-state index < -0.39 is 0 Å². The fourth-order valence-corrected chi connectivity index (χ4v) is 0.954. The molecule has 0 aliphatic carbocycles. The first-order valence-electron chi connectivity index (χ1n) is 3.68. The zero-order chi connectivity index (χ0) is 8.97. The van der Waals surface area contributed by atoms with Gasteiger partial charge >= 0.3 is 0 Å². The van der Waals surface area contributed by atoms with Gasteiger partial charge in [0, 0.05) is 6.54 Å². The standard InChI is InChI=1S/C8H10N2O2/c1-2-10(9-12)7-5-3-4-6-8(7)11/h3-6,11H,2H2,1H3. The van der Waals surface area contributed by atoms with Crippen molar-refractivity contribution in [3.63, 3.8) is 0 Å². The highest BCUT2D eigenvalue weighted by Gasteiger charge is 2.07. The molecule has 1 N–H and O–H groups in total. The summed E-state index contributed by atoms with van der Waals surface area (Å²) >= 11 is 0. The van der Waals surface area contributed by atoms with Gasteiger partial charge in [-0.1, -0.05) is 12.1 Å². The lowest BCUT2D eigenvalue weighted by molar-refractivity contribution is 0.474. The van der Waals surface area contributed by atoms with Crippen LogP contribution in [0, 0.1) is 4.91 Å². The monoisotopic (exact) mass is 166 g/mol. The second-order valence-corrected chi connectivity index (χ2v) is 2.29. The van der Waals surface area contributed by atoms with E-state index in [1.807, 2.05) is 0 Å². The minimum Gasteiger partial charge on any atom is -0.506 e. The summed E-state index contributed by atoms with van der Waals surface area (Å²) < 4.78 is 0. The molecule has 0 aromatic heterocycles. The van der Waals surface area contributed by atoms with Gasteiger partial charge in [0.1, 0.15) is 11.4 Å². The Labute approximate surface area is 70.4 Å². The number of para-hydroxylation sites is 2. The minimum atomic E-state index is 0.0685. The van der Waals surface area contributed by atoms with Gasteiger partial charge in [-0.15, -0.1) is 4.91 Å². The maximum absolute atomic E-state index is 10.3. The van der Waals surface area contributed by atoms with Gasteiger partial charge in [0.05, 0.1) is 5.29 Å². The predicted octanol–water partition coefficient (Wildman–Crippen LogP) is 1.90. The summed E-state index contributed by atoms with van der Waals surface area (Å²) in [6, 6.07) is 6.59. The van der Waals surface area contributed by atoms with Crippen molar-refractivity contribution >= 4 is 5.69 Å². The molecule has 1 rings (SSSR count). The van der Waals surface area contributed by atoms with Crippen molar-refractivity contribution in [2.45, 2.75) is 6.92 Å². The molecular formula is C8H10N2O2. The molecule has 0 aliphatic rings. The number of rotatable bonds is 3. The number of nitroso groups, excluding NO2 is 1. The number of hydrogen-bond acceptors (Lipinski definition) is 3. The molecule has 0 atom stereocenters. The van der Waals surface area contributed by atoms with Gasteiger partial charge in [-0.3, -0.25) is 0 Å². The number of aromatic hydroxyl groups is 1. The van der Waals surface area contributed by atoms with Crippen molar-refractivity contribution < 1.29 is 5.11 Å². The van der Waals surface area contributed by atoms with E-state index in [0.29, 0.717) is 12.2 Å². The summed E-state index contributed by atoms with van der Waals surface area (Å²) in [5.74, 6) is 0.0685. The molecule has 0 unspecified atom stereocenters. The molecule has 0 spiro atoms. The van der Waals surface area contributed by atoms with Gasteiger partial charge in [0.2, 0.25) is 0 Å². The zero-order valence-corrected chi connectivity index (χ0v) is 6.77. The van der Waals surface area contributed by atoms with Crippen LogP contribution in [0.1, 0.15) is 6.92 Å². The lowest BCUT2D eigenvalue weighted by Crippen LogP contribution is -2.13. The molecular weight excluding hydrogens is 156 g/mol. The van der Waals surface area contributed by atoms with Crippen LogP contribution in [0.3, 0.4) is 0 Å². The average Bonchev–Trinajstić information content (AvgIpc) is 2.10. The first-order valence-corrected chi connectivity index (χ1v) is 3.68. The first kappa shape index (κ1) is 8.52. The van der Waals surface area contributed by atoms with Gasteiger partial charge in [-0.2, -0.15) is 0 Å². The summed E-state index contributed by atoms with van der Waals surface area (Å²) in [4.78, 5) is 10.3. The number of benzene rings is 1. The highest BCUT2D eigenvalue weighted by Crippen LogP contribution is 2.25. The third kappa shape index (κ3) is 1.53. The molecule has 0 saturated carbocycles. The fraction of sp³-hybridized carbons (Fsp3) is 0.250. The Morgan fingerprint density at radius 3 is 2.67 bits per heavy atom. The highest BCUT2D eigenvalue weighted by molar-refractivity contribution is 5.56. The molecule has 64 valence electrons.